The van der Waals surface area contributed by atoms with E-state index in [0.29, 0.717) is 12.4 Å². The largest absolute Gasteiger partial charge is 0.493 e. The van der Waals surface area contributed by atoms with Gasteiger partial charge in [0.2, 0.25) is 0 Å². The van der Waals surface area contributed by atoms with Crippen LogP contribution in [0.5, 0.6) is 5.75 Å². The first-order valence-corrected chi connectivity index (χ1v) is 9.23. The van der Waals surface area contributed by atoms with E-state index in [0.717, 1.165) is 16.9 Å². The molecule has 0 aliphatic rings. The molecule has 0 saturated carbocycles. The Morgan fingerprint density at radius 3 is 2.56 bits per heavy atom. The molecule has 0 unspecified atom stereocenters. The van der Waals surface area contributed by atoms with Gasteiger partial charge in [-0.3, -0.25) is 0 Å². The maximum atomic E-state index is 14.3. The molecule has 1 aromatic heterocycles. The van der Waals surface area contributed by atoms with E-state index in [-0.39, 0.29) is 21.8 Å². The lowest BCUT2D eigenvalue weighted by molar-refractivity contribution is 0.340. The van der Waals surface area contributed by atoms with Crippen molar-refractivity contribution in [1.29, 1.82) is 0 Å². The van der Waals surface area contributed by atoms with E-state index < -0.39 is 5.82 Å². The van der Waals surface area contributed by atoms with Crippen LogP contribution >= 0.6 is 11.6 Å². The van der Waals surface area contributed by atoms with Crippen molar-refractivity contribution in [2.75, 3.05) is 6.61 Å². The van der Waals surface area contributed by atoms with Gasteiger partial charge in [0.15, 0.2) is 11.6 Å². The van der Waals surface area contributed by atoms with Crippen LogP contribution in [0.1, 0.15) is 33.3 Å². The fraction of sp³-hybridized carbons (Fsp3) is 0.333. The van der Waals surface area contributed by atoms with Gasteiger partial charge in [-0.1, -0.05) is 44.5 Å². The lowest BCUT2D eigenvalue weighted by Gasteiger charge is -2.21. The molecule has 0 radical (unpaired) electrons. The van der Waals surface area contributed by atoms with E-state index in [1.54, 1.807) is 23.9 Å². The predicted octanol–water partition coefficient (Wildman–Crippen LogP) is 5.64. The van der Waals surface area contributed by atoms with Gasteiger partial charge < -0.3 is 4.74 Å². The highest BCUT2D eigenvalue weighted by Gasteiger charge is 2.21. The van der Waals surface area contributed by atoms with Gasteiger partial charge in [0, 0.05) is 7.05 Å². The molecule has 4 nitrogen and oxygen atoms in total. The summed E-state index contributed by atoms with van der Waals surface area (Å²) in [5, 5.41) is 4.65. The lowest BCUT2D eigenvalue weighted by Crippen LogP contribution is -2.11. The summed E-state index contributed by atoms with van der Waals surface area (Å²) in [6.45, 7) is 8.92. The quantitative estimate of drug-likeness (QED) is 0.581. The van der Waals surface area contributed by atoms with Crippen LogP contribution in [0.15, 0.2) is 36.4 Å². The second kappa shape index (κ2) is 7.31. The van der Waals surface area contributed by atoms with Crippen molar-refractivity contribution in [3.05, 3.63) is 52.8 Å². The van der Waals surface area contributed by atoms with Crippen LogP contribution in [0.2, 0.25) is 5.02 Å². The molecule has 6 heteroatoms. The first-order valence-electron chi connectivity index (χ1n) is 8.85. The molecule has 142 valence electrons. The number of benzene rings is 2. The zero-order chi connectivity index (χ0) is 19.8. The van der Waals surface area contributed by atoms with E-state index in [1.807, 2.05) is 19.1 Å². The van der Waals surface area contributed by atoms with Crippen LogP contribution in [0.25, 0.3) is 22.8 Å². The van der Waals surface area contributed by atoms with Gasteiger partial charge in [-0.2, -0.15) is 5.10 Å². The summed E-state index contributed by atoms with van der Waals surface area (Å²) in [5.41, 5.74) is 2.16. The number of nitrogens with zero attached hydrogens (tertiary/aromatic N) is 3. The summed E-state index contributed by atoms with van der Waals surface area (Å²) in [6, 6.07) is 10.6. The fourth-order valence-corrected chi connectivity index (χ4v) is 3.13. The molecule has 3 rings (SSSR count). The van der Waals surface area contributed by atoms with Crippen LogP contribution in [0, 0.1) is 5.82 Å². The van der Waals surface area contributed by atoms with Gasteiger partial charge >= 0.3 is 0 Å². The molecule has 2 aromatic carbocycles. The van der Waals surface area contributed by atoms with Crippen molar-refractivity contribution in [2.24, 2.45) is 7.05 Å². The van der Waals surface area contributed by atoms with Crippen LogP contribution in [0.4, 0.5) is 4.39 Å². The predicted molar refractivity (Wildman–Crippen MR) is 107 cm³/mol. The third-order valence-electron chi connectivity index (χ3n) is 4.34. The lowest BCUT2D eigenvalue weighted by atomic mass is 9.86. The minimum absolute atomic E-state index is 0.00385. The van der Waals surface area contributed by atoms with Crippen molar-refractivity contribution in [3.63, 3.8) is 0 Å². The molecule has 0 bridgehead atoms. The van der Waals surface area contributed by atoms with Crippen LogP contribution in [-0.2, 0) is 12.5 Å². The molecule has 3 aromatic rings. The van der Waals surface area contributed by atoms with Crippen LogP contribution < -0.4 is 4.74 Å². The molecule has 0 aliphatic heterocycles. The molecule has 0 atom stereocenters. The molecule has 0 spiro atoms. The van der Waals surface area contributed by atoms with E-state index in [4.69, 9.17) is 16.3 Å². The molecule has 0 saturated heterocycles. The van der Waals surface area contributed by atoms with Gasteiger partial charge in [-0.15, -0.1) is 0 Å². The van der Waals surface area contributed by atoms with E-state index in [9.17, 15) is 4.39 Å². The van der Waals surface area contributed by atoms with Gasteiger partial charge in [0.05, 0.1) is 22.8 Å². The van der Waals surface area contributed by atoms with Gasteiger partial charge in [0.1, 0.15) is 11.6 Å². The average molecular weight is 388 g/mol. The highest BCUT2D eigenvalue weighted by atomic mass is 35.5. The molecule has 0 amide bonds. The number of rotatable bonds is 4. The first kappa shape index (κ1) is 19.4. The first-order chi connectivity index (χ1) is 12.7. The SMILES string of the molecule is CCOc1cc(C(C)(C)C)ccc1-c1nc(-c2c(F)cccc2Cl)nn1C. The zero-order valence-electron chi connectivity index (χ0n) is 16.2. The molecule has 27 heavy (non-hydrogen) atoms. The van der Waals surface area contributed by atoms with Crippen molar-refractivity contribution >= 4 is 11.6 Å². The van der Waals surface area contributed by atoms with E-state index in [2.05, 4.69) is 36.9 Å². The zero-order valence-corrected chi connectivity index (χ0v) is 16.9. The summed E-state index contributed by atoms with van der Waals surface area (Å²) in [7, 11) is 1.77. The number of ether oxygens (including phenoxy) is 1. The highest BCUT2D eigenvalue weighted by Crippen LogP contribution is 2.36. The summed E-state index contributed by atoms with van der Waals surface area (Å²) >= 11 is 6.17. The number of hydrogen-bond donors (Lipinski definition) is 0. The Labute approximate surface area is 164 Å². The Balaban J connectivity index is 2.14. The molecule has 0 aliphatic carbocycles. The van der Waals surface area contributed by atoms with Gasteiger partial charge in [-0.05, 0) is 42.2 Å². The van der Waals surface area contributed by atoms with Crippen molar-refractivity contribution in [1.82, 2.24) is 14.8 Å². The van der Waals surface area contributed by atoms with Crippen LogP contribution in [-0.4, -0.2) is 21.4 Å². The van der Waals surface area contributed by atoms with E-state index >= 15 is 0 Å². The Morgan fingerprint density at radius 2 is 1.93 bits per heavy atom. The molecular weight excluding hydrogens is 365 g/mol. The summed E-state index contributed by atoms with van der Waals surface area (Å²) in [6.07, 6.45) is 0. The highest BCUT2D eigenvalue weighted by molar-refractivity contribution is 6.33. The van der Waals surface area contributed by atoms with Crippen molar-refractivity contribution < 1.29 is 9.13 Å². The fourth-order valence-electron chi connectivity index (χ4n) is 2.88. The number of aryl methyl sites for hydroxylation is 1. The maximum Gasteiger partial charge on any atom is 0.186 e. The normalized spacial score (nSPS) is 11.7. The second-order valence-electron chi connectivity index (χ2n) is 7.37. The molecule has 0 fully saturated rings. The van der Waals surface area contributed by atoms with Crippen LogP contribution in [0.3, 0.4) is 0 Å². The number of aromatic nitrogens is 3. The molecular formula is C21H23ClFN3O. The summed E-state index contributed by atoms with van der Waals surface area (Å²) in [5.74, 6) is 1.12. The third-order valence-corrected chi connectivity index (χ3v) is 4.65. The Bertz CT molecular complexity index is 956. The number of hydrogen-bond acceptors (Lipinski definition) is 3. The number of halogens is 2. The monoisotopic (exact) mass is 387 g/mol. The van der Waals surface area contributed by atoms with Gasteiger partial charge in [0.25, 0.3) is 0 Å². The Kier molecular flexibility index (Phi) is 5.24. The van der Waals surface area contributed by atoms with E-state index in [1.165, 1.54) is 6.07 Å². The standard InChI is InChI=1S/C21H23ClFN3O/c1-6-27-17-12-13(21(2,3)4)10-11-14(17)20-24-19(25-26(20)5)18-15(22)8-7-9-16(18)23/h7-12H,6H2,1-5H3. The Morgan fingerprint density at radius 1 is 1.19 bits per heavy atom. The minimum atomic E-state index is -0.451. The van der Waals surface area contributed by atoms with Crippen molar-refractivity contribution in [3.8, 4) is 28.5 Å². The minimum Gasteiger partial charge on any atom is -0.493 e. The topological polar surface area (TPSA) is 39.9 Å². The third kappa shape index (κ3) is 3.83. The maximum absolute atomic E-state index is 14.3. The molecule has 1 heterocycles. The second-order valence-corrected chi connectivity index (χ2v) is 7.78. The summed E-state index contributed by atoms with van der Waals surface area (Å²) < 4.78 is 21.7. The molecule has 0 N–H and O–H groups in total. The average Bonchev–Trinajstić information content (AvgIpc) is 2.95. The Hall–Kier alpha value is -2.40. The van der Waals surface area contributed by atoms with Gasteiger partial charge in [-0.25, -0.2) is 14.1 Å². The summed E-state index contributed by atoms with van der Waals surface area (Å²) in [4.78, 5) is 4.55. The smallest absolute Gasteiger partial charge is 0.186 e. The van der Waals surface area contributed by atoms with Crippen molar-refractivity contribution in [2.45, 2.75) is 33.1 Å².